The molecule has 1 aliphatic carbocycles. The second-order valence-electron chi connectivity index (χ2n) is 7.38. The monoisotopic (exact) mass is 336 g/mol. The highest BCUT2D eigenvalue weighted by Crippen LogP contribution is 2.49. The van der Waals surface area contributed by atoms with E-state index < -0.39 is 5.54 Å². The van der Waals surface area contributed by atoms with Crippen LogP contribution in [0.15, 0.2) is 0 Å². The zero-order valence-corrected chi connectivity index (χ0v) is 15.8. The smallest absolute Gasteiger partial charge is 0.241 e. The van der Waals surface area contributed by atoms with Gasteiger partial charge < -0.3 is 20.5 Å². The van der Waals surface area contributed by atoms with Gasteiger partial charge in [0.25, 0.3) is 0 Å². The number of carbonyl (C=O) groups is 1. The summed E-state index contributed by atoms with van der Waals surface area (Å²) in [6.45, 7) is 12.6. The van der Waals surface area contributed by atoms with Crippen molar-refractivity contribution in [3.63, 3.8) is 0 Å². The number of methoxy groups -OCH3 is 1. The van der Waals surface area contributed by atoms with Crippen LogP contribution < -0.4 is 11.1 Å². The molecule has 1 saturated carbocycles. The molecule has 6 heteroatoms. The SMILES string of the molecule is CCOC1CC(N)(C(=O)NC(C)CC(C)(C)OC)C1(C)C.Cl. The molecule has 1 aliphatic rings. The van der Waals surface area contributed by atoms with Gasteiger partial charge in [-0.2, -0.15) is 0 Å². The van der Waals surface area contributed by atoms with Crippen molar-refractivity contribution in [1.82, 2.24) is 5.32 Å². The summed E-state index contributed by atoms with van der Waals surface area (Å²) in [7, 11) is 1.68. The van der Waals surface area contributed by atoms with Crippen LogP contribution in [-0.4, -0.2) is 42.9 Å². The van der Waals surface area contributed by atoms with Crippen LogP contribution in [0.5, 0.6) is 0 Å². The molecule has 132 valence electrons. The fourth-order valence-corrected chi connectivity index (χ4v) is 3.04. The molecule has 0 aromatic rings. The molecule has 3 unspecified atom stereocenters. The average molecular weight is 337 g/mol. The zero-order chi connectivity index (χ0) is 16.5. The van der Waals surface area contributed by atoms with Gasteiger partial charge in [-0.3, -0.25) is 4.79 Å². The first-order valence-electron chi connectivity index (χ1n) is 7.76. The van der Waals surface area contributed by atoms with Crippen LogP contribution in [-0.2, 0) is 14.3 Å². The van der Waals surface area contributed by atoms with Crippen LogP contribution in [0.1, 0.15) is 54.4 Å². The Morgan fingerprint density at radius 2 is 2.00 bits per heavy atom. The number of rotatable bonds is 7. The van der Waals surface area contributed by atoms with Crippen LogP contribution in [0.25, 0.3) is 0 Å². The van der Waals surface area contributed by atoms with Gasteiger partial charge in [-0.25, -0.2) is 0 Å². The van der Waals surface area contributed by atoms with E-state index in [-0.39, 0.29) is 41.5 Å². The number of nitrogens with one attached hydrogen (secondary N) is 1. The van der Waals surface area contributed by atoms with E-state index in [1.54, 1.807) is 7.11 Å². The van der Waals surface area contributed by atoms with Crippen molar-refractivity contribution < 1.29 is 14.3 Å². The largest absolute Gasteiger partial charge is 0.379 e. The molecule has 22 heavy (non-hydrogen) atoms. The summed E-state index contributed by atoms with van der Waals surface area (Å²) < 4.78 is 11.1. The van der Waals surface area contributed by atoms with Gasteiger partial charge in [0.05, 0.1) is 11.7 Å². The molecular formula is C16H33ClN2O3. The Bertz CT molecular complexity index is 388. The van der Waals surface area contributed by atoms with E-state index in [0.29, 0.717) is 13.0 Å². The maximum atomic E-state index is 12.6. The maximum absolute atomic E-state index is 12.6. The minimum absolute atomic E-state index is 0. The van der Waals surface area contributed by atoms with Gasteiger partial charge in [0, 0.05) is 31.6 Å². The van der Waals surface area contributed by atoms with Crippen molar-refractivity contribution in [2.75, 3.05) is 13.7 Å². The lowest BCUT2D eigenvalue weighted by Gasteiger charge is -2.57. The van der Waals surface area contributed by atoms with Gasteiger partial charge in [0.15, 0.2) is 0 Å². The number of ether oxygens (including phenoxy) is 2. The fourth-order valence-electron chi connectivity index (χ4n) is 3.04. The van der Waals surface area contributed by atoms with Gasteiger partial charge in [0.2, 0.25) is 5.91 Å². The van der Waals surface area contributed by atoms with Crippen molar-refractivity contribution in [3.05, 3.63) is 0 Å². The Morgan fingerprint density at radius 1 is 1.45 bits per heavy atom. The Kier molecular flexibility index (Phi) is 7.35. The first-order chi connectivity index (χ1) is 9.50. The molecule has 1 amide bonds. The summed E-state index contributed by atoms with van der Waals surface area (Å²) in [4.78, 5) is 12.6. The molecule has 3 atom stereocenters. The lowest BCUT2D eigenvalue weighted by Crippen LogP contribution is -2.76. The summed E-state index contributed by atoms with van der Waals surface area (Å²) in [5.74, 6) is -0.0946. The summed E-state index contributed by atoms with van der Waals surface area (Å²) in [5, 5.41) is 3.03. The molecule has 0 radical (unpaired) electrons. The van der Waals surface area contributed by atoms with Crippen molar-refractivity contribution in [3.8, 4) is 0 Å². The molecule has 0 aliphatic heterocycles. The molecule has 0 spiro atoms. The Balaban J connectivity index is 0.00000441. The van der Waals surface area contributed by atoms with Gasteiger partial charge in [-0.15, -0.1) is 12.4 Å². The molecule has 0 bridgehead atoms. The number of hydrogen-bond acceptors (Lipinski definition) is 4. The van der Waals surface area contributed by atoms with E-state index in [2.05, 4.69) is 5.32 Å². The van der Waals surface area contributed by atoms with Crippen molar-refractivity contribution in [1.29, 1.82) is 0 Å². The zero-order valence-electron chi connectivity index (χ0n) is 15.0. The number of halogens is 1. The van der Waals surface area contributed by atoms with Crippen molar-refractivity contribution >= 4 is 18.3 Å². The summed E-state index contributed by atoms with van der Waals surface area (Å²) >= 11 is 0. The Hall–Kier alpha value is -0.360. The highest BCUT2D eigenvalue weighted by molar-refractivity contribution is 5.89. The van der Waals surface area contributed by atoms with Gasteiger partial charge in [-0.05, 0) is 34.1 Å². The molecule has 0 heterocycles. The standard InChI is InChI=1S/C16H32N2O3.ClH/c1-8-21-12-10-16(17,15(12,5)6)13(19)18-11(2)9-14(3,4)20-7;/h11-12H,8-10,17H2,1-7H3,(H,18,19);1H. The molecule has 1 rings (SSSR count). The summed E-state index contributed by atoms with van der Waals surface area (Å²) in [5.41, 5.74) is 4.88. The molecule has 0 saturated heterocycles. The quantitative estimate of drug-likeness (QED) is 0.748. The number of hydrogen-bond donors (Lipinski definition) is 2. The van der Waals surface area contributed by atoms with E-state index in [1.165, 1.54) is 0 Å². The third-order valence-electron chi connectivity index (χ3n) is 4.96. The number of carbonyl (C=O) groups excluding carboxylic acids is 1. The number of nitrogens with two attached hydrogens (primary N) is 1. The minimum Gasteiger partial charge on any atom is -0.379 e. The molecule has 1 fully saturated rings. The van der Waals surface area contributed by atoms with Crippen LogP contribution in [0, 0.1) is 5.41 Å². The maximum Gasteiger partial charge on any atom is 0.241 e. The van der Waals surface area contributed by atoms with Crippen LogP contribution in [0.4, 0.5) is 0 Å². The molecule has 5 nitrogen and oxygen atoms in total. The highest BCUT2D eigenvalue weighted by Gasteiger charge is 2.62. The third kappa shape index (κ3) is 4.13. The lowest BCUT2D eigenvalue weighted by molar-refractivity contribution is -0.171. The summed E-state index contributed by atoms with van der Waals surface area (Å²) in [6, 6.07) is 0.00909. The van der Waals surface area contributed by atoms with E-state index in [9.17, 15) is 4.79 Å². The van der Waals surface area contributed by atoms with Gasteiger partial charge in [-0.1, -0.05) is 13.8 Å². The predicted molar refractivity (Wildman–Crippen MR) is 91.3 cm³/mol. The van der Waals surface area contributed by atoms with E-state index in [0.717, 1.165) is 6.42 Å². The van der Waals surface area contributed by atoms with E-state index >= 15 is 0 Å². The molecule has 0 aromatic heterocycles. The molecular weight excluding hydrogens is 304 g/mol. The first-order valence-corrected chi connectivity index (χ1v) is 7.76. The van der Waals surface area contributed by atoms with Crippen molar-refractivity contribution in [2.45, 2.75) is 77.7 Å². The Morgan fingerprint density at radius 3 is 2.41 bits per heavy atom. The van der Waals surface area contributed by atoms with E-state index in [4.69, 9.17) is 15.2 Å². The number of amides is 1. The topological polar surface area (TPSA) is 73.6 Å². The van der Waals surface area contributed by atoms with Crippen molar-refractivity contribution in [2.24, 2.45) is 11.1 Å². The molecule has 3 N–H and O–H groups in total. The Labute approximate surface area is 141 Å². The van der Waals surface area contributed by atoms with Gasteiger partial charge >= 0.3 is 0 Å². The third-order valence-corrected chi connectivity index (χ3v) is 4.96. The van der Waals surface area contributed by atoms with E-state index in [1.807, 2.05) is 41.5 Å². The highest BCUT2D eigenvalue weighted by atomic mass is 35.5. The van der Waals surface area contributed by atoms with Crippen LogP contribution in [0.3, 0.4) is 0 Å². The minimum atomic E-state index is -0.863. The lowest BCUT2D eigenvalue weighted by atomic mass is 9.54. The fraction of sp³-hybridized carbons (Fsp3) is 0.938. The summed E-state index contributed by atoms with van der Waals surface area (Å²) in [6.07, 6.45) is 1.35. The van der Waals surface area contributed by atoms with Crippen LogP contribution >= 0.6 is 12.4 Å². The first kappa shape index (κ1) is 21.6. The predicted octanol–water partition coefficient (Wildman–Crippen LogP) is 2.26. The van der Waals surface area contributed by atoms with Gasteiger partial charge in [0.1, 0.15) is 5.54 Å². The second kappa shape index (κ2) is 7.47. The average Bonchev–Trinajstić information content (AvgIpc) is 2.37. The normalized spacial score (nSPS) is 28.3. The van der Waals surface area contributed by atoms with Crippen LogP contribution in [0.2, 0.25) is 0 Å². The second-order valence-corrected chi connectivity index (χ2v) is 7.38. The molecule has 0 aromatic carbocycles.